The van der Waals surface area contributed by atoms with Crippen LogP contribution in [0.2, 0.25) is 0 Å². The van der Waals surface area contributed by atoms with E-state index in [9.17, 15) is 0 Å². The minimum absolute atomic E-state index is 0.798. The maximum absolute atomic E-state index is 4.64. The maximum atomic E-state index is 4.64. The number of aromatic nitrogens is 3. The Morgan fingerprint density at radius 2 is 1.50 bits per heavy atom. The van der Waals surface area contributed by atoms with Gasteiger partial charge in [-0.15, -0.1) is 11.3 Å². The Morgan fingerprint density at radius 1 is 0.750 bits per heavy atom. The highest BCUT2D eigenvalue weighted by atomic mass is 32.1. The first-order valence-corrected chi connectivity index (χ1v) is 8.41. The summed E-state index contributed by atoms with van der Waals surface area (Å²) in [6.07, 6.45) is 5.37. The summed E-state index contributed by atoms with van der Waals surface area (Å²) in [5.41, 5.74) is 4.38. The molecular weight excluding hydrogens is 316 g/mol. The van der Waals surface area contributed by atoms with Gasteiger partial charge in [-0.2, -0.15) is 0 Å². The third-order valence-electron chi connectivity index (χ3n) is 3.60. The fourth-order valence-electron chi connectivity index (χ4n) is 2.39. The lowest BCUT2D eigenvalue weighted by Gasteiger charge is -2.03. The van der Waals surface area contributed by atoms with Gasteiger partial charge in [-0.25, -0.2) is 9.97 Å². The summed E-state index contributed by atoms with van der Waals surface area (Å²) in [6.45, 7) is 0. The van der Waals surface area contributed by atoms with Crippen LogP contribution < -0.4 is 5.32 Å². The maximum Gasteiger partial charge on any atom is 0.188 e. The predicted molar refractivity (Wildman–Crippen MR) is 98.3 cm³/mol. The number of hydrogen-bond acceptors (Lipinski definition) is 5. The number of rotatable bonds is 4. The minimum Gasteiger partial charge on any atom is -0.316 e. The Labute approximate surface area is 143 Å². The molecule has 1 aromatic carbocycles. The quantitative estimate of drug-likeness (QED) is 0.571. The average molecular weight is 330 g/mol. The van der Waals surface area contributed by atoms with Gasteiger partial charge in [-0.1, -0.05) is 30.3 Å². The van der Waals surface area contributed by atoms with Crippen LogP contribution in [-0.2, 0) is 0 Å². The summed E-state index contributed by atoms with van der Waals surface area (Å²) >= 11 is 1.57. The standard InChI is InChI=1S/C19H14N4S/c1-2-10-21-18(3-1)23-19-22-17(13-24-19)16-6-4-14(5-7-16)15-8-11-20-12-9-15/h1-13H,(H,21,22,23). The van der Waals surface area contributed by atoms with Gasteiger partial charge >= 0.3 is 0 Å². The van der Waals surface area contributed by atoms with Gasteiger partial charge in [0, 0.05) is 29.5 Å². The van der Waals surface area contributed by atoms with E-state index in [1.54, 1.807) is 29.9 Å². The van der Waals surface area contributed by atoms with E-state index in [1.165, 1.54) is 5.56 Å². The number of hydrogen-bond donors (Lipinski definition) is 1. The van der Waals surface area contributed by atoms with E-state index in [-0.39, 0.29) is 0 Å². The molecule has 4 nitrogen and oxygen atoms in total. The highest BCUT2D eigenvalue weighted by Crippen LogP contribution is 2.28. The highest BCUT2D eigenvalue weighted by molar-refractivity contribution is 7.14. The first-order chi connectivity index (χ1) is 11.9. The second kappa shape index (κ2) is 6.60. The van der Waals surface area contributed by atoms with E-state index in [4.69, 9.17) is 0 Å². The van der Waals surface area contributed by atoms with E-state index < -0.39 is 0 Å². The monoisotopic (exact) mass is 330 g/mol. The lowest BCUT2D eigenvalue weighted by molar-refractivity contribution is 1.29. The van der Waals surface area contributed by atoms with Crippen molar-refractivity contribution in [3.63, 3.8) is 0 Å². The summed E-state index contributed by atoms with van der Waals surface area (Å²) in [5, 5.41) is 6.10. The molecule has 4 rings (SSSR count). The largest absolute Gasteiger partial charge is 0.316 e. The molecule has 0 saturated carbocycles. The Hall–Kier alpha value is -3.05. The van der Waals surface area contributed by atoms with Crippen LogP contribution in [0.3, 0.4) is 0 Å². The van der Waals surface area contributed by atoms with Gasteiger partial charge in [-0.3, -0.25) is 4.98 Å². The average Bonchev–Trinajstić information content (AvgIpc) is 3.12. The Balaban J connectivity index is 1.54. The van der Waals surface area contributed by atoms with Gasteiger partial charge in [0.1, 0.15) is 5.82 Å². The predicted octanol–water partition coefficient (Wildman–Crippen LogP) is 5.01. The Kier molecular flexibility index (Phi) is 4.00. The van der Waals surface area contributed by atoms with Crippen LogP contribution >= 0.6 is 11.3 Å². The molecule has 116 valence electrons. The molecule has 1 N–H and O–H groups in total. The summed E-state index contributed by atoms with van der Waals surface area (Å²) in [7, 11) is 0. The molecule has 0 fully saturated rings. The van der Waals surface area contributed by atoms with Crippen LogP contribution in [0.5, 0.6) is 0 Å². The zero-order chi connectivity index (χ0) is 16.2. The highest BCUT2D eigenvalue weighted by Gasteiger charge is 2.06. The van der Waals surface area contributed by atoms with E-state index in [0.29, 0.717) is 0 Å². The van der Waals surface area contributed by atoms with Crippen molar-refractivity contribution in [1.82, 2.24) is 15.0 Å². The number of nitrogens with one attached hydrogen (secondary N) is 1. The van der Waals surface area contributed by atoms with Crippen molar-refractivity contribution in [2.24, 2.45) is 0 Å². The van der Waals surface area contributed by atoms with Crippen LogP contribution in [0.4, 0.5) is 10.9 Å². The molecule has 0 aliphatic rings. The van der Waals surface area contributed by atoms with Crippen molar-refractivity contribution in [3.05, 3.63) is 78.6 Å². The van der Waals surface area contributed by atoms with Crippen molar-refractivity contribution in [2.45, 2.75) is 0 Å². The van der Waals surface area contributed by atoms with Crippen LogP contribution in [0.1, 0.15) is 0 Å². The van der Waals surface area contributed by atoms with E-state index in [0.717, 1.165) is 27.8 Å². The molecule has 3 aromatic heterocycles. The van der Waals surface area contributed by atoms with Crippen molar-refractivity contribution in [1.29, 1.82) is 0 Å². The van der Waals surface area contributed by atoms with Gasteiger partial charge in [0.25, 0.3) is 0 Å². The van der Waals surface area contributed by atoms with Crippen molar-refractivity contribution >= 4 is 22.3 Å². The molecule has 0 bridgehead atoms. The molecule has 3 heterocycles. The lowest BCUT2D eigenvalue weighted by Crippen LogP contribution is -1.91. The fourth-order valence-corrected chi connectivity index (χ4v) is 3.11. The molecule has 0 aliphatic heterocycles. The van der Waals surface area contributed by atoms with E-state index >= 15 is 0 Å². The molecule has 0 saturated heterocycles. The van der Waals surface area contributed by atoms with Gasteiger partial charge < -0.3 is 5.32 Å². The second-order valence-corrected chi connectivity index (χ2v) is 6.05. The second-order valence-electron chi connectivity index (χ2n) is 5.19. The molecular formula is C19H14N4S. The van der Waals surface area contributed by atoms with Gasteiger partial charge in [0.2, 0.25) is 0 Å². The molecule has 0 radical (unpaired) electrons. The summed E-state index contributed by atoms with van der Waals surface area (Å²) in [5.74, 6) is 0.798. The van der Waals surface area contributed by atoms with E-state index in [1.807, 2.05) is 35.7 Å². The fraction of sp³-hybridized carbons (Fsp3) is 0. The van der Waals surface area contributed by atoms with Gasteiger partial charge in [0.15, 0.2) is 5.13 Å². The van der Waals surface area contributed by atoms with Crippen LogP contribution in [0.15, 0.2) is 78.6 Å². The summed E-state index contributed by atoms with van der Waals surface area (Å²) < 4.78 is 0. The van der Waals surface area contributed by atoms with Crippen LogP contribution in [-0.4, -0.2) is 15.0 Å². The first kappa shape index (κ1) is 14.5. The zero-order valence-corrected chi connectivity index (χ0v) is 13.6. The number of anilines is 2. The van der Waals surface area contributed by atoms with E-state index in [2.05, 4.69) is 44.5 Å². The lowest BCUT2D eigenvalue weighted by atomic mass is 10.0. The van der Waals surface area contributed by atoms with Gasteiger partial charge in [0.05, 0.1) is 5.69 Å². The first-order valence-electron chi connectivity index (χ1n) is 7.53. The van der Waals surface area contributed by atoms with Gasteiger partial charge in [-0.05, 0) is 35.4 Å². The topological polar surface area (TPSA) is 50.7 Å². The number of thiazole rings is 1. The Bertz CT molecular complexity index is 919. The molecule has 24 heavy (non-hydrogen) atoms. The molecule has 4 aromatic rings. The number of benzene rings is 1. The van der Waals surface area contributed by atoms with Crippen LogP contribution in [0.25, 0.3) is 22.4 Å². The SMILES string of the molecule is c1ccc(Nc2nc(-c3ccc(-c4ccncc4)cc3)cs2)nc1. The molecule has 0 amide bonds. The normalized spacial score (nSPS) is 10.5. The molecule has 0 unspecified atom stereocenters. The number of nitrogens with zero attached hydrogens (tertiary/aromatic N) is 3. The zero-order valence-electron chi connectivity index (χ0n) is 12.8. The van der Waals surface area contributed by atoms with Crippen molar-refractivity contribution < 1.29 is 0 Å². The number of pyridine rings is 2. The minimum atomic E-state index is 0.798. The summed E-state index contributed by atoms with van der Waals surface area (Å²) in [4.78, 5) is 12.9. The third-order valence-corrected chi connectivity index (χ3v) is 4.36. The third kappa shape index (κ3) is 3.16. The molecule has 5 heteroatoms. The van der Waals surface area contributed by atoms with Crippen molar-refractivity contribution in [3.8, 4) is 22.4 Å². The summed E-state index contributed by atoms with van der Waals surface area (Å²) in [6, 6.07) is 18.2. The van der Waals surface area contributed by atoms with Crippen molar-refractivity contribution in [2.75, 3.05) is 5.32 Å². The molecule has 0 atom stereocenters. The smallest absolute Gasteiger partial charge is 0.188 e. The molecule has 0 spiro atoms. The molecule has 0 aliphatic carbocycles. The van der Waals surface area contributed by atoms with Crippen LogP contribution in [0, 0.1) is 0 Å². The Morgan fingerprint density at radius 3 is 2.25 bits per heavy atom.